The van der Waals surface area contributed by atoms with Gasteiger partial charge in [-0.05, 0) is 12.1 Å². The van der Waals surface area contributed by atoms with Gasteiger partial charge in [0.25, 0.3) is 5.91 Å². The number of hydrogen-bond donors (Lipinski definition) is 1. The smallest absolute Gasteiger partial charge is 0.349 e. The van der Waals surface area contributed by atoms with Crippen molar-refractivity contribution >= 4 is 22.6 Å². The van der Waals surface area contributed by atoms with E-state index >= 15 is 0 Å². The van der Waals surface area contributed by atoms with Gasteiger partial charge < -0.3 is 14.5 Å². The maximum Gasteiger partial charge on any atom is 0.349 e. The van der Waals surface area contributed by atoms with Gasteiger partial charge in [-0.2, -0.15) is 0 Å². The minimum Gasteiger partial charge on any atom is -0.493 e. The number of hydrogen-bond acceptors (Lipinski definition) is 7. The van der Waals surface area contributed by atoms with Crippen LogP contribution in [0, 0.1) is 0 Å². The summed E-state index contributed by atoms with van der Waals surface area (Å²) in [5.41, 5.74) is -0.265. The Morgan fingerprint density at radius 2 is 2.07 bits per heavy atom. The number of carbonyl (C=O) groups excluding carboxylic acids is 1. The molecule has 1 aromatic carbocycles. The van der Waals surface area contributed by atoms with Crippen molar-refractivity contribution < 1.29 is 13.9 Å². The molecule has 0 saturated carbocycles. The molecule has 0 saturated heterocycles. The van der Waals surface area contributed by atoms with E-state index in [1.54, 1.807) is 41.5 Å². The molecule has 9 heteroatoms. The highest BCUT2D eigenvalue weighted by Crippen LogP contribution is 2.24. The second-order valence-electron chi connectivity index (χ2n) is 5.52. The fourth-order valence-corrected chi connectivity index (χ4v) is 2.53. The van der Waals surface area contributed by atoms with E-state index in [2.05, 4.69) is 20.3 Å². The van der Waals surface area contributed by atoms with Crippen LogP contribution >= 0.6 is 0 Å². The summed E-state index contributed by atoms with van der Waals surface area (Å²) in [6.45, 7) is 0. The molecule has 0 unspecified atom stereocenters. The van der Waals surface area contributed by atoms with Crippen LogP contribution in [-0.4, -0.2) is 32.5 Å². The number of ether oxygens (including phenoxy) is 1. The van der Waals surface area contributed by atoms with Crippen LogP contribution in [-0.2, 0) is 0 Å². The van der Waals surface area contributed by atoms with Gasteiger partial charge in [-0.1, -0.05) is 12.1 Å². The van der Waals surface area contributed by atoms with E-state index in [9.17, 15) is 9.59 Å². The summed E-state index contributed by atoms with van der Waals surface area (Å²) >= 11 is 0. The standard InChI is InChI=1S/C18H13N5O4/c1-26-14-4-2-3-11-7-13(17(25)27-15(11)14)16(24)22-12-8-20-18(21-9-12)23-6-5-19-10-23/h2-10H,1H3,(H,22,24). The molecule has 1 N–H and O–H groups in total. The van der Waals surface area contributed by atoms with Gasteiger partial charge in [-0.15, -0.1) is 0 Å². The Labute approximate surface area is 152 Å². The van der Waals surface area contributed by atoms with E-state index in [0.717, 1.165) is 0 Å². The molecule has 1 amide bonds. The number of anilines is 1. The monoisotopic (exact) mass is 363 g/mol. The topological polar surface area (TPSA) is 112 Å². The number of fused-ring (bicyclic) bond motifs is 1. The molecule has 0 radical (unpaired) electrons. The Balaban J connectivity index is 1.61. The van der Waals surface area contributed by atoms with Gasteiger partial charge in [0.05, 0.1) is 25.2 Å². The lowest BCUT2D eigenvalue weighted by Crippen LogP contribution is -2.21. The van der Waals surface area contributed by atoms with Crippen molar-refractivity contribution in [3.8, 4) is 11.7 Å². The highest BCUT2D eigenvalue weighted by Gasteiger charge is 2.16. The fraction of sp³-hybridized carbons (Fsp3) is 0.0556. The normalized spacial score (nSPS) is 10.7. The molecule has 0 aliphatic rings. The Hall–Kier alpha value is -4.01. The zero-order valence-electron chi connectivity index (χ0n) is 14.1. The van der Waals surface area contributed by atoms with Crippen LogP contribution in [0.5, 0.6) is 5.75 Å². The summed E-state index contributed by atoms with van der Waals surface area (Å²) in [6.07, 6.45) is 7.73. The SMILES string of the molecule is COc1cccc2cc(C(=O)Nc3cnc(-n4ccnc4)nc3)c(=O)oc12. The minimum atomic E-state index is -0.763. The molecule has 3 aromatic heterocycles. The molecular formula is C18H13N5O4. The fourth-order valence-electron chi connectivity index (χ4n) is 2.53. The Morgan fingerprint density at radius 1 is 1.26 bits per heavy atom. The van der Waals surface area contributed by atoms with Crippen LogP contribution in [0.2, 0.25) is 0 Å². The zero-order valence-corrected chi connectivity index (χ0v) is 14.1. The van der Waals surface area contributed by atoms with Crippen molar-refractivity contribution in [1.82, 2.24) is 19.5 Å². The molecule has 3 heterocycles. The first-order chi connectivity index (χ1) is 13.2. The van der Waals surface area contributed by atoms with Crippen molar-refractivity contribution in [1.29, 1.82) is 0 Å². The summed E-state index contributed by atoms with van der Waals surface area (Å²) in [4.78, 5) is 36.9. The van der Waals surface area contributed by atoms with Crippen LogP contribution in [0.3, 0.4) is 0 Å². The van der Waals surface area contributed by atoms with Gasteiger partial charge in [0, 0.05) is 17.8 Å². The maximum atomic E-state index is 12.5. The summed E-state index contributed by atoms with van der Waals surface area (Å²) in [5, 5.41) is 3.16. The van der Waals surface area contributed by atoms with E-state index in [1.807, 2.05) is 0 Å². The molecule has 9 nitrogen and oxygen atoms in total. The largest absolute Gasteiger partial charge is 0.493 e. The van der Waals surface area contributed by atoms with Gasteiger partial charge >= 0.3 is 5.63 Å². The molecular weight excluding hydrogens is 350 g/mol. The first kappa shape index (κ1) is 16.5. The van der Waals surface area contributed by atoms with Gasteiger partial charge in [0.15, 0.2) is 11.3 Å². The van der Waals surface area contributed by atoms with E-state index in [4.69, 9.17) is 9.15 Å². The van der Waals surface area contributed by atoms with Crippen LogP contribution in [0.15, 0.2) is 64.6 Å². The number of para-hydroxylation sites is 1. The zero-order chi connectivity index (χ0) is 18.8. The van der Waals surface area contributed by atoms with Crippen LogP contribution in [0.25, 0.3) is 16.9 Å². The number of rotatable bonds is 4. The quantitative estimate of drug-likeness (QED) is 0.552. The molecule has 134 valence electrons. The predicted octanol–water partition coefficient (Wildman–Crippen LogP) is 2.03. The number of aromatic nitrogens is 4. The highest BCUT2D eigenvalue weighted by atomic mass is 16.5. The van der Waals surface area contributed by atoms with Gasteiger partial charge in [-0.25, -0.2) is 19.7 Å². The van der Waals surface area contributed by atoms with Gasteiger partial charge in [0.1, 0.15) is 11.9 Å². The molecule has 0 fully saturated rings. The third kappa shape index (κ3) is 3.13. The van der Waals surface area contributed by atoms with E-state index in [-0.39, 0.29) is 11.1 Å². The Kier molecular flexibility index (Phi) is 4.09. The second kappa shape index (κ2) is 6.71. The summed E-state index contributed by atoms with van der Waals surface area (Å²) < 4.78 is 12.0. The lowest BCUT2D eigenvalue weighted by atomic mass is 10.1. The van der Waals surface area contributed by atoms with Crippen LogP contribution in [0.1, 0.15) is 10.4 Å². The van der Waals surface area contributed by atoms with Crippen molar-refractivity contribution in [2.75, 3.05) is 12.4 Å². The van der Waals surface area contributed by atoms with E-state index < -0.39 is 11.5 Å². The molecule has 0 aliphatic heterocycles. The number of amides is 1. The molecule has 4 rings (SSSR count). The van der Waals surface area contributed by atoms with E-state index in [0.29, 0.717) is 22.8 Å². The Bertz CT molecular complexity index is 1170. The Morgan fingerprint density at radius 3 is 2.78 bits per heavy atom. The summed E-state index contributed by atoms with van der Waals surface area (Å²) in [6, 6.07) is 6.59. The predicted molar refractivity (Wildman–Crippen MR) is 96.1 cm³/mol. The lowest BCUT2D eigenvalue weighted by Gasteiger charge is -2.07. The lowest BCUT2D eigenvalue weighted by molar-refractivity contribution is 0.102. The average molecular weight is 363 g/mol. The number of carbonyl (C=O) groups is 1. The molecule has 0 spiro atoms. The van der Waals surface area contributed by atoms with Crippen LogP contribution < -0.4 is 15.7 Å². The highest BCUT2D eigenvalue weighted by molar-refractivity contribution is 6.05. The van der Waals surface area contributed by atoms with Crippen molar-refractivity contribution in [3.63, 3.8) is 0 Å². The summed E-state index contributed by atoms with van der Waals surface area (Å²) in [5.74, 6) is 0.204. The van der Waals surface area contributed by atoms with Crippen LogP contribution in [0.4, 0.5) is 5.69 Å². The third-order valence-corrected chi connectivity index (χ3v) is 3.82. The number of imidazole rings is 1. The first-order valence-corrected chi connectivity index (χ1v) is 7.88. The molecule has 27 heavy (non-hydrogen) atoms. The van der Waals surface area contributed by atoms with E-state index in [1.165, 1.54) is 25.6 Å². The van der Waals surface area contributed by atoms with Crippen molar-refractivity contribution in [2.45, 2.75) is 0 Å². The van der Waals surface area contributed by atoms with Crippen molar-refractivity contribution in [2.24, 2.45) is 0 Å². The van der Waals surface area contributed by atoms with Gasteiger partial charge in [0.2, 0.25) is 5.95 Å². The molecule has 0 bridgehead atoms. The third-order valence-electron chi connectivity index (χ3n) is 3.82. The summed E-state index contributed by atoms with van der Waals surface area (Å²) in [7, 11) is 1.48. The minimum absolute atomic E-state index is 0.130. The maximum absolute atomic E-state index is 12.5. The molecule has 4 aromatic rings. The first-order valence-electron chi connectivity index (χ1n) is 7.88. The van der Waals surface area contributed by atoms with Crippen molar-refractivity contribution in [3.05, 3.63) is 71.4 Å². The molecule has 0 atom stereocenters. The number of nitrogens with one attached hydrogen (secondary N) is 1. The van der Waals surface area contributed by atoms with Gasteiger partial charge in [-0.3, -0.25) is 9.36 Å². The number of methoxy groups -OCH3 is 1. The molecule has 0 aliphatic carbocycles. The second-order valence-corrected chi connectivity index (χ2v) is 5.52. The average Bonchev–Trinajstić information content (AvgIpc) is 3.22. The number of benzene rings is 1. The number of nitrogens with zero attached hydrogens (tertiary/aromatic N) is 4.